The lowest BCUT2D eigenvalue weighted by Crippen LogP contribution is -2.40. The van der Waals surface area contributed by atoms with Crippen LogP contribution in [-0.4, -0.2) is 27.6 Å². The molecule has 3 rings (SSSR count). The molecule has 126 valence electrons. The highest BCUT2D eigenvalue weighted by molar-refractivity contribution is 6.72. The molecule has 1 saturated carbocycles. The van der Waals surface area contributed by atoms with Gasteiger partial charge in [-0.1, -0.05) is 13.8 Å². The minimum absolute atomic E-state index is 0.0951. The summed E-state index contributed by atoms with van der Waals surface area (Å²) >= 11 is 0. The molecule has 0 aromatic carbocycles. The fourth-order valence-corrected chi connectivity index (χ4v) is 4.58. The molecule has 4 nitrogen and oxygen atoms in total. The summed E-state index contributed by atoms with van der Waals surface area (Å²) in [6.45, 7) is 8.65. The van der Waals surface area contributed by atoms with Crippen LogP contribution in [-0.2, 0) is 0 Å². The van der Waals surface area contributed by atoms with Crippen LogP contribution in [0.2, 0.25) is 18.1 Å². The lowest BCUT2D eigenvalue weighted by Gasteiger charge is -2.40. The van der Waals surface area contributed by atoms with Gasteiger partial charge in [0.1, 0.15) is 12.0 Å². The number of rotatable bonds is 4. The van der Waals surface area contributed by atoms with Crippen LogP contribution < -0.4 is 0 Å². The first-order valence-electron chi connectivity index (χ1n) is 8.77. The monoisotopic (exact) mass is 331 g/mol. The van der Waals surface area contributed by atoms with E-state index in [4.69, 9.17) is 0 Å². The third kappa shape index (κ3) is 3.36. The van der Waals surface area contributed by atoms with Crippen molar-refractivity contribution in [3.8, 4) is 0 Å². The molecule has 0 saturated heterocycles. The molecule has 0 aliphatic heterocycles. The Hall–Kier alpha value is -1.20. The van der Waals surface area contributed by atoms with Crippen molar-refractivity contribution in [2.75, 3.05) is 0 Å². The Morgan fingerprint density at radius 2 is 1.96 bits per heavy atom. The van der Waals surface area contributed by atoms with Crippen molar-refractivity contribution in [3.05, 3.63) is 24.8 Å². The minimum Gasteiger partial charge on any atom is -0.432 e. The summed E-state index contributed by atoms with van der Waals surface area (Å²) in [6.07, 6.45) is 11.8. The molecule has 2 aromatic heterocycles. The topological polar surface area (TPSA) is 50.9 Å². The molecule has 1 fully saturated rings. The molecule has 1 aliphatic carbocycles. The quantitative estimate of drug-likeness (QED) is 0.837. The highest BCUT2D eigenvalue weighted by Crippen LogP contribution is 2.46. The summed E-state index contributed by atoms with van der Waals surface area (Å²) in [5.41, 5.74) is 1.06. The maximum atomic E-state index is 10.5. The Balaban J connectivity index is 1.65. The maximum Gasteiger partial charge on any atom is 0.188 e. The molecular weight excluding hydrogens is 302 g/mol. The maximum absolute atomic E-state index is 10.5. The number of fused-ring (bicyclic) bond motifs is 1. The van der Waals surface area contributed by atoms with Crippen molar-refractivity contribution in [1.29, 1.82) is 0 Å². The average molecular weight is 332 g/mol. The number of hydrogen-bond acceptors (Lipinski definition) is 3. The van der Waals surface area contributed by atoms with Crippen LogP contribution in [0.15, 0.2) is 24.8 Å². The molecular formula is C18H29N3OSi. The molecule has 0 atom stereocenters. The summed E-state index contributed by atoms with van der Waals surface area (Å²) in [4.78, 5) is 19.1. The van der Waals surface area contributed by atoms with E-state index in [9.17, 15) is 4.80 Å². The van der Waals surface area contributed by atoms with Crippen LogP contribution in [0.4, 0.5) is 0 Å². The minimum atomic E-state index is -2.10. The summed E-state index contributed by atoms with van der Waals surface area (Å²) in [6, 6.07) is 2.67. The first-order chi connectivity index (χ1) is 10.8. The van der Waals surface area contributed by atoms with E-state index in [0.717, 1.165) is 23.4 Å². The van der Waals surface area contributed by atoms with Crippen LogP contribution in [0, 0.1) is 5.92 Å². The van der Waals surface area contributed by atoms with Gasteiger partial charge in [0.15, 0.2) is 8.32 Å². The summed E-state index contributed by atoms with van der Waals surface area (Å²) in [7, 11) is -2.10. The second kappa shape index (κ2) is 6.02. The Morgan fingerprint density at radius 1 is 1.26 bits per heavy atom. The van der Waals surface area contributed by atoms with Gasteiger partial charge in [-0.25, -0.2) is 9.97 Å². The van der Waals surface area contributed by atoms with E-state index < -0.39 is 8.32 Å². The highest BCUT2D eigenvalue weighted by atomic mass is 28.4. The van der Waals surface area contributed by atoms with E-state index >= 15 is 0 Å². The third-order valence-corrected chi connectivity index (χ3v) is 9.56. The van der Waals surface area contributed by atoms with Crippen molar-refractivity contribution in [1.82, 2.24) is 14.5 Å². The van der Waals surface area contributed by atoms with Gasteiger partial charge in [0.05, 0.1) is 0 Å². The Labute approximate surface area is 140 Å². The lowest BCUT2D eigenvalue weighted by molar-refractivity contribution is 0.244. The smallest absolute Gasteiger partial charge is 0.188 e. The van der Waals surface area contributed by atoms with Crippen LogP contribution >= 0.6 is 0 Å². The van der Waals surface area contributed by atoms with Gasteiger partial charge in [-0.3, -0.25) is 0 Å². The molecule has 0 amide bonds. The second-order valence-corrected chi connectivity index (χ2v) is 12.8. The molecule has 0 spiro atoms. The van der Waals surface area contributed by atoms with Gasteiger partial charge >= 0.3 is 0 Å². The van der Waals surface area contributed by atoms with E-state index in [1.165, 1.54) is 25.7 Å². The normalized spacial score (nSPS) is 23.3. The summed E-state index contributed by atoms with van der Waals surface area (Å²) < 4.78 is 2.34. The lowest BCUT2D eigenvalue weighted by atomic mass is 9.81. The molecule has 1 aliphatic rings. The average Bonchev–Trinajstić information content (AvgIpc) is 2.90. The van der Waals surface area contributed by atoms with Crippen molar-refractivity contribution in [3.63, 3.8) is 0 Å². The highest BCUT2D eigenvalue weighted by Gasteiger charge is 2.40. The van der Waals surface area contributed by atoms with E-state index in [-0.39, 0.29) is 5.04 Å². The van der Waals surface area contributed by atoms with E-state index in [1.54, 1.807) is 6.33 Å². The van der Waals surface area contributed by atoms with E-state index in [2.05, 4.69) is 53.7 Å². The molecule has 0 bridgehead atoms. The standard InChI is InChI=1S/C18H29N3OSi/c1-18(2,23(3,4)22)11-14-5-7-16(8-6-14)21-10-9-15-12-19-13-20-17(15)21/h9-10,12-14,16,22H,5-8,11H2,1-4H3/t14-,16+. The molecule has 1 N–H and O–H groups in total. The predicted molar refractivity (Wildman–Crippen MR) is 96.9 cm³/mol. The Bertz CT molecular complexity index is 666. The zero-order valence-corrected chi connectivity index (χ0v) is 15.8. The van der Waals surface area contributed by atoms with Crippen molar-refractivity contribution < 1.29 is 4.80 Å². The summed E-state index contributed by atoms with van der Waals surface area (Å²) in [5.74, 6) is 0.747. The molecule has 2 aromatic rings. The van der Waals surface area contributed by atoms with Gasteiger partial charge in [0.2, 0.25) is 0 Å². The van der Waals surface area contributed by atoms with Gasteiger partial charge in [-0.05, 0) is 62.2 Å². The van der Waals surface area contributed by atoms with Gasteiger partial charge in [0, 0.05) is 23.8 Å². The fraction of sp³-hybridized carbons (Fsp3) is 0.667. The zero-order chi connectivity index (χ0) is 16.7. The Morgan fingerprint density at radius 3 is 2.61 bits per heavy atom. The van der Waals surface area contributed by atoms with Gasteiger partial charge in [-0.2, -0.15) is 0 Å². The van der Waals surface area contributed by atoms with Gasteiger partial charge in [-0.15, -0.1) is 0 Å². The molecule has 0 unspecified atom stereocenters. The van der Waals surface area contributed by atoms with Crippen LogP contribution in [0.5, 0.6) is 0 Å². The molecule has 0 radical (unpaired) electrons. The van der Waals surface area contributed by atoms with Gasteiger partial charge < -0.3 is 9.36 Å². The van der Waals surface area contributed by atoms with Crippen LogP contribution in [0.25, 0.3) is 11.0 Å². The molecule has 5 heteroatoms. The molecule has 23 heavy (non-hydrogen) atoms. The van der Waals surface area contributed by atoms with Crippen molar-refractivity contribution >= 4 is 19.4 Å². The van der Waals surface area contributed by atoms with Crippen molar-refractivity contribution in [2.24, 2.45) is 5.92 Å². The Kier molecular flexibility index (Phi) is 4.36. The fourth-order valence-electron chi connectivity index (χ4n) is 3.79. The zero-order valence-electron chi connectivity index (χ0n) is 14.8. The summed E-state index contributed by atoms with van der Waals surface area (Å²) in [5, 5.41) is 1.22. The third-order valence-electron chi connectivity index (χ3n) is 6.04. The predicted octanol–water partition coefficient (Wildman–Crippen LogP) is 4.53. The second-order valence-electron chi connectivity index (χ2n) is 8.35. The van der Waals surface area contributed by atoms with E-state index in [1.807, 2.05) is 6.20 Å². The largest absolute Gasteiger partial charge is 0.432 e. The van der Waals surface area contributed by atoms with Crippen LogP contribution in [0.1, 0.15) is 52.0 Å². The van der Waals surface area contributed by atoms with Crippen molar-refractivity contribution in [2.45, 2.75) is 70.1 Å². The first-order valence-corrected chi connectivity index (χ1v) is 11.7. The number of hydrogen-bond donors (Lipinski definition) is 1. The molecule has 2 heterocycles. The number of aromatic nitrogens is 3. The van der Waals surface area contributed by atoms with Crippen LogP contribution in [0.3, 0.4) is 0 Å². The van der Waals surface area contributed by atoms with E-state index in [0.29, 0.717) is 6.04 Å². The SMILES string of the molecule is CC(C)(C[C@H]1CC[C@@H](n2ccc3cncnc32)CC1)[Si](C)(C)O. The number of nitrogens with zero attached hydrogens (tertiary/aromatic N) is 3. The van der Waals surface area contributed by atoms with Gasteiger partial charge in [0.25, 0.3) is 0 Å². The first kappa shape index (κ1) is 16.6.